The molecular formula is C16H19N3O2. The molecule has 0 saturated carbocycles. The fraction of sp³-hybridized carbons (Fsp3) is 0.438. The van der Waals surface area contributed by atoms with Gasteiger partial charge >= 0.3 is 0 Å². The minimum atomic E-state index is -0.274. The molecule has 0 radical (unpaired) electrons. The van der Waals surface area contributed by atoms with Crippen molar-refractivity contribution in [2.45, 2.75) is 19.8 Å². The summed E-state index contributed by atoms with van der Waals surface area (Å²) in [5.41, 5.74) is 0.572. The summed E-state index contributed by atoms with van der Waals surface area (Å²) in [6.07, 6.45) is 3.79. The van der Waals surface area contributed by atoms with Gasteiger partial charge in [-0.05, 0) is 37.0 Å². The fourth-order valence-electron chi connectivity index (χ4n) is 2.99. The average Bonchev–Trinajstić information content (AvgIpc) is 2.50. The zero-order chi connectivity index (χ0) is 15.0. The molecule has 5 heteroatoms. The lowest BCUT2D eigenvalue weighted by molar-refractivity contribution is 0.0681. The van der Waals surface area contributed by atoms with Crippen LogP contribution in [0, 0.1) is 5.92 Å². The molecule has 3 rings (SSSR count). The summed E-state index contributed by atoms with van der Waals surface area (Å²) < 4.78 is 1.45. The highest BCUT2D eigenvalue weighted by molar-refractivity contribution is 5.96. The highest BCUT2D eigenvalue weighted by Crippen LogP contribution is 2.18. The average molecular weight is 285 g/mol. The molecule has 0 aromatic carbocycles. The van der Waals surface area contributed by atoms with Crippen LogP contribution in [0.4, 0.5) is 0 Å². The number of aromatic nitrogens is 2. The van der Waals surface area contributed by atoms with Gasteiger partial charge in [0.05, 0.1) is 0 Å². The van der Waals surface area contributed by atoms with Gasteiger partial charge in [-0.15, -0.1) is 0 Å². The van der Waals surface area contributed by atoms with Crippen molar-refractivity contribution in [2.24, 2.45) is 13.0 Å². The number of rotatable bonds is 1. The molecular weight excluding hydrogens is 266 g/mol. The van der Waals surface area contributed by atoms with Crippen molar-refractivity contribution in [3.05, 3.63) is 40.3 Å². The van der Waals surface area contributed by atoms with Crippen LogP contribution in [0.15, 0.2) is 29.2 Å². The van der Waals surface area contributed by atoms with Crippen LogP contribution in [0.5, 0.6) is 0 Å². The van der Waals surface area contributed by atoms with Crippen molar-refractivity contribution in [1.82, 2.24) is 14.5 Å². The molecule has 1 fully saturated rings. The van der Waals surface area contributed by atoms with E-state index in [1.807, 2.05) is 12.1 Å². The molecule has 0 aliphatic carbocycles. The second-order valence-electron chi connectivity index (χ2n) is 5.84. The zero-order valence-electron chi connectivity index (χ0n) is 12.4. The summed E-state index contributed by atoms with van der Waals surface area (Å²) >= 11 is 0. The van der Waals surface area contributed by atoms with E-state index in [4.69, 9.17) is 0 Å². The van der Waals surface area contributed by atoms with Crippen molar-refractivity contribution < 1.29 is 4.79 Å². The zero-order valence-corrected chi connectivity index (χ0v) is 12.4. The Labute approximate surface area is 123 Å². The van der Waals surface area contributed by atoms with E-state index in [9.17, 15) is 9.59 Å². The first-order valence-electron chi connectivity index (χ1n) is 7.32. The summed E-state index contributed by atoms with van der Waals surface area (Å²) in [6, 6.07) is 5.35. The van der Waals surface area contributed by atoms with Crippen molar-refractivity contribution in [3.8, 4) is 0 Å². The first-order valence-corrected chi connectivity index (χ1v) is 7.32. The van der Waals surface area contributed by atoms with E-state index in [0.717, 1.165) is 31.3 Å². The maximum absolute atomic E-state index is 12.7. The van der Waals surface area contributed by atoms with E-state index in [-0.39, 0.29) is 17.0 Å². The lowest BCUT2D eigenvalue weighted by atomic mass is 9.99. The van der Waals surface area contributed by atoms with E-state index >= 15 is 0 Å². The number of aryl methyl sites for hydroxylation is 1. The van der Waals surface area contributed by atoms with Crippen LogP contribution in [0.2, 0.25) is 0 Å². The molecule has 1 atom stereocenters. The van der Waals surface area contributed by atoms with Gasteiger partial charge in [-0.1, -0.05) is 6.92 Å². The van der Waals surface area contributed by atoms with E-state index in [1.54, 1.807) is 24.2 Å². The number of fused-ring (bicyclic) bond motifs is 1. The molecule has 0 spiro atoms. The monoisotopic (exact) mass is 285 g/mol. The number of carbonyl (C=O) groups is 1. The van der Waals surface area contributed by atoms with E-state index in [1.165, 1.54) is 4.57 Å². The highest BCUT2D eigenvalue weighted by Gasteiger charge is 2.24. The molecule has 2 aromatic heterocycles. The number of amides is 1. The topological polar surface area (TPSA) is 55.2 Å². The van der Waals surface area contributed by atoms with E-state index in [2.05, 4.69) is 11.9 Å². The molecule has 21 heavy (non-hydrogen) atoms. The second kappa shape index (κ2) is 5.31. The number of hydrogen-bond donors (Lipinski definition) is 0. The van der Waals surface area contributed by atoms with Gasteiger partial charge < -0.3 is 4.90 Å². The third-order valence-corrected chi connectivity index (χ3v) is 4.14. The number of carbonyl (C=O) groups excluding carboxylic acids is 1. The Kier molecular flexibility index (Phi) is 3.49. The Balaban J connectivity index is 2.06. The summed E-state index contributed by atoms with van der Waals surface area (Å²) in [4.78, 5) is 31.1. The van der Waals surface area contributed by atoms with E-state index in [0.29, 0.717) is 11.6 Å². The standard InChI is InChI=1S/C16H19N3O2/c1-11-5-4-8-19(10-11)16(21)13-9-12-6-3-7-17-14(12)18(2)15(13)20/h3,6-7,9,11H,4-5,8,10H2,1-2H3/t11-/m0/s1. The molecule has 1 amide bonds. The number of likely N-dealkylation sites (tertiary alicyclic amines) is 1. The van der Waals surface area contributed by atoms with Gasteiger partial charge in [-0.25, -0.2) is 4.98 Å². The molecule has 3 heterocycles. The Morgan fingerprint density at radius 3 is 3.00 bits per heavy atom. The molecule has 1 saturated heterocycles. The molecule has 0 bridgehead atoms. The lowest BCUT2D eigenvalue weighted by Crippen LogP contribution is -2.41. The summed E-state index contributed by atoms with van der Waals surface area (Å²) in [7, 11) is 1.66. The van der Waals surface area contributed by atoms with Crippen LogP contribution in [0.25, 0.3) is 11.0 Å². The first kappa shape index (κ1) is 13.8. The van der Waals surface area contributed by atoms with Crippen molar-refractivity contribution in [1.29, 1.82) is 0 Å². The summed E-state index contributed by atoms with van der Waals surface area (Å²) in [5.74, 6) is 0.335. The Bertz CT molecular complexity index is 751. The summed E-state index contributed by atoms with van der Waals surface area (Å²) in [6.45, 7) is 3.60. The van der Waals surface area contributed by atoms with Crippen molar-refractivity contribution >= 4 is 16.9 Å². The first-order chi connectivity index (χ1) is 10.1. The quantitative estimate of drug-likeness (QED) is 0.803. The number of nitrogens with zero attached hydrogens (tertiary/aromatic N) is 3. The maximum atomic E-state index is 12.7. The van der Waals surface area contributed by atoms with Crippen LogP contribution in [0.3, 0.4) is 0 Å². The van der Waals surface area contributed by atoms with Crippen LogP contribution >= 0.6 is 0 Å². The number of pyridine rings is 2. The third kappa shape index (κ3) is 2.44. The normalized spacial score (nSPS) is 19.0. The lowest BCUT2D eigenvalue weighted by Gasteiger charge is -2.30. The number of hydrogen-bond acceptors (Lipinski definition) is 3. The SMILES string of the molecule is C[C@H]1CCCN(C(=O)c2cc3cccnc3n(C)c2=O)C1. The fourth-order valence-corrected chi connectivity index (χ4v) is 2.99. The molecule has 5 nitrogen and oxygen atoms in total. The Morgan fingerprint density at radius 1 is 1.43 bits per heavy atom. The number of piperidine rings is 1. The van der Waals surface area contributed by atoms with E-state index < -0.39 is 0 Å². The van der Waals surface area contributed by atoms with Crippen LogP contribution in [-0.2, 0) is 7.05 Å². The molecule has 1 aliphatic heterocycles. The van der Waals surface area contributed by atoms with Crippen LogP contribution < -0.4 is 5.56 Å². The smallest absolute Gasteiger partial charge is 0.264 e. The van der Waals surface area contributed by atoms with Crippen molar-refractivity contribution in [3.63, 3.8) is 0 Å². The second-order valence-corrected chi connectivity index (χ2v) is 5.84. The van der Waals surface area contributed by atoms with Gasteiger partial charge in [0.2, 0.25) is 0 Å². The molecule has 0 unspecified atom stereocenters. The van der Waals surface area contributed by atoms with Gasteiger partial charge in [0, 0.05) is 31.7 Å². The van der Waals surface area contributed by atoms with Gasteiger partial charge in [0.1, 0.15) is 11.2 Å². The van der Waals surface area contributed by atoms with Crippen LogP contribution in [-0.4, -0.2) is 33.4 Å². The predicted octanol–water partition coefficient (Wildman–Crippen LogP) is 1.81. The van der Waals surface area contributed by atoms with Gasteiger partial charge in [0.25, 0.3) is 11.5 Å². The Morgan fingerprint density at radius 2 is 2.24 bits per heavy atom. The molecule has 110 valence electrons. The third-order valence-electron chi connectivity index (χ3n) is 4.14. The highest BCUT2D eigenvalue weighted by atomic mass is 16.2. The predicted molar refractivity (Wildman–Crippen MR) is 81.3 cm³/mol. The minimum Gasteiger partial charge on any atom is -0.338 e. The molecule has 0 N–H and O–H groups in total. The van der Waals surface area contributed by atoms with Gasteiger partial charge in [-0.2, -0.15) is 0 Å². The molecule has 1 aliphatic rings. The van der Waals surface area contributed by atoms with Crippen LogP contribution in [0.1, 0.15) is 30.1 Å². The summed E-state index contributed by atoms with van der Waals surface area (Å²) in [5, 5.41) is 0.813. The largest absolute Gasteiger partial charge is 0.338 e. The Hall–Kier alpha value is -2.17. The molecule has 2 aromatic rings. The van der Waals surface area contributed by atoms with Crippen molar-refractivity contribution in [2.75, 3.05) is 13.1 Å². The van der Waals surface area contributed by atoms with Gasteiger partial charge in [0.15, 0.2) is 0 Å². The van der Waals surface area contributed by atoms with Gasteiger partial charge in [-0.3, -0.25) is 14.2 Å². The minimum absolute atomic E-state index is 0.159. The maximum Gasteiger partial charge on any atom is 0.264 e.